The summed E-state index contributed by atoms with van der Waals surface area (Å²) >= 11 is 1.97. The number of nitrogens with zero attached hydrogens (tertiary/aromatic N) is 3. The third-order valence-electron chi connectivity index (χ3n) is 5.82. The van der Waals surface area contributed by atoms with Gasteiger partial charge in [-0.05, 0) is 50.8 Å². The van der Waals surface area contributed by atoms with Crippen molar-refractivity contribution in [2.75, 3.05) is 50.7 Å². The predicted octanol–water partition coefficient (Wildman–Crippen LogP) is 4.43. The number of hydrogen-bond donors (Lipinski definition) is 0. The minimum Gasteiger partial charge on any atom is -0.371 e. The second-order valence-electron chi connectivity index (χ2n) is 8.52. The van der Waals surface area contributed by atoms with Gasteiger partial charge in [0.05, 0.1) is 0 Å². The molecule has 0 N–H and O–H groups in total. The van der Waals surface area contributed by atoms with Gasteiger partial charge in [0.25, 0.3) is 0 Å². The smallest absolute Gasteiger partial charge is 0.0377 e. The van der Waals surface area contributed by atoms with Crippen LogP contribution in [0.25, 0.3) is 0 Å². The number of piperazine rings is 1. The van der Waals surface area contributed by atoms with Gasteiger partial charge < -0.3 is 9.80 Å². The summed E-state index contributed by atoms with van der Waals surface area (Å²) in [5.41, 5.74) is 1.42. The van der Waals surface area contributed by atoms with Gasteiger partial charge in [-0.1, -0.05) is 19.9 Å². The lowest BCUT2D eigenvalue weighted by atomic mass is 9.95. The van der Waals surface area contributed by atoms with Crippen LogP contribution in [-0.2, 0) is 0 Å². The Morgan fingerprint density at radius 2 is 1.65 bits per heavy atom. The van der Waals surface area contributed by atoms with Crippen molar-refractivity contribution in [3.05, 3.63) is 24.3 Å². The van der Waals surface area contributed by atoms with Crippen molar-refractivity contribution in [2.24, 2.45) is 5.92 Å². The summed E-state index contributed by atoms with van der Waals surface area (Å²) in [4.78, 5) is 9.32. The van der Waals surface area contributed by atoms with Crippen LogP contribution in [-0.4, -0.2) is 66.9 Å². The van der Waals surface area contributed by atoms with Crippen molar-refractivity contribution in [3.8, 4) is 0 Å². The van der Waals surface area contributed by atoms with Crippen molar-refractivity contribution in [1.29, 1.82) is 0 Å². The van der Waals surface area contributed by atoms with Crippen LogP contribution in [0.3, 0.4) is 0 Å². The van der Waals surface area contributed by atoms with Crippen LogP contribution in [0.15, 0.2) is 29.2 Å². The molecule has 0 aliphatic carbocycles. The maximum absolute atomic E-state index is 2.71. The Hall–Kier alpha value is -0.710. The Morgan fingerprint density at radius 1 is 0.962 bits per heavy atom. The molecule has 146 valence electrons. The van der Waals surface area contributed by atoms with E-state index in [1.807, 2.05) is 11.8 Å². The van der Waals surface area contributed by atoms with Gasteiger partial charge in [-0.15, -0.1) is 11.8 Å². The lowest BCUT2D eigenvalue weighted by Crippen LogP contribution is -2.50. The van der Waals surface area contributed by atoms with E-state index in [-0.39, 0.29) is 0 Å². The van der Waals surface area contributed by atoms with Gasteiger partial charge in [0.1, 0.15) is 0 Å². The molecule has 0 spiro atoms. The van der Waals surface area contributed by atoms with Crippen molar-refractivity contribution < 1.29 is 0 Å². The molecular formula is C22H37N3S. The highest BCUT2D eigenvalue weighted by Crippen LogP contribution is 2.29. The Morgan fingerprint density at radius 3 is 2.27 bits per heavy atom. The fourth-order valence-corrected chi connectivity index (χ4v) is 5.12. The van der Waals surface area contributed by atoms with Crippen LogP contribution in [0, 0.1) is 5.92 Å². The molecule has 0 saturated carbocycles. The van der Waals surface area contributed by atoms with Gasteiger partial charge in [0.2, 0.25) is 0 Å². The zero-order valence-electron chi connectivity index (χ0n) is 17.2. The molecule has 1 aromatic rings. The number of rotatable bonds is 6. The second kappa shape index (κ2) is 9.48. The topological polar surface area (TPSA) is 9.72 Å². The average Bonchev–Trinajstić information content (AvgIpc) is 2.62. The van der Waals surface area contributed by atoms with Crippen molar-refractivity contribution >= 4 is 17.4 Å². The molecule has 3 nitrogen and oxygen atoms in total. The molecule has 1 aromatic carbocycles. The molecule has 2 saturated heterocycles. The summed E-state index contributed by atoms with van der Waals surface area (Å²) in [7, 11) is 0. The fourth-order valence-electron chi connectivity index (χ4n) is 4.23. The largest absolute Gasteiger partial charge is 0.371 e. The summed E-state index contributed by atoms with van der Waals surface area (Å²) < 4.78 is 0. The molecule has 2 aliphatic heterocycles. The van der Waals surface area contributed by atoms with Gasteiger partial charge in [-0.25, -0.2) is 0 Å². The first-order chi connectivity index (χ1) is 12.5. The number of thioether (sulfide) groups is 1. The highest BCUT2D eigenvalue weighted by Gasteiger charge is 2.24. The number of piperidine rings is 1. The summed E-state index contributed by atoms with van der Waals surface area (Å²) in [6.07, 6.45) is 2.68. The summed E-state index contributed by atoms with van der Waals surface area (Å²) in [6.45, 7) is 17.9. The lowest BCUT2D eigenvalue weighted by molar-refractivity contribution is 0.0931. The van der Waals surface area contributed by atoms with Crippen molar-refractivity contribution in [1.82, 2.24) is 9.80 Å². The second-order valence-corrected chi connectivity index (χ2v) is 10.2. The first-order valence-corrected chi connectivity index (χ1v) is 11.4. The van der Waals surface area contributed by atoms with E-state index in [9.17, 15) is 0 Å². The maximum atomic E-state index is 2.71. The minimum absolute atomic E-state index is 0.646. The lowest BCUT2D eigenvalue weighted by Gasteiger charge is -2.40. The van der Waals surface area contributed by atoms with E-state index in [1.54, 1.807) is 0 Å². The van der Waals surface area contributed by atoms with Gasteiger partial charge in [0.15, 0.2) is 0 Å². The number of hydrogen-bond acceptors (Lipinski definition) is 4. The highest BCUT2D eigenvalue weighted by molar-refractivity contribution is 7.99. The van der Waals surface area contributed by atoms with E-state index < -0.39 is 0 Å². The molecule has 0 amide bonds. The summed E-state index contributed by atoms with van der Waals surface area (Å²) in [6, 6.07) is 9.84. The van der Waals surface area contributed by atoms with Crippen molar-refractivity contribution in [2.45, 2.75) is 56.7 Å². The Kier molecular flexibility index (Phi) is 7.30. The van der Waals surface area contributed by atoms with E-state index in [0.717, 1.165) is 5.92 Å². The molecule has 2 fully saturated rings. The molecule has 2 aliphatic rings. The number of anilines is 1. The fraction of sp³-hybridized carbons (Fsp3) is 0.727. The van der Waals surface area contributed by atoms with Crippen LogP contribution in [0.5, 0.6) is 0 Å². The monoisotopic (exact) mass is 375 g/mol. The first kappa shape index (κ1) is 20.0. The Balaban J connectivity index is 1.45. The standard InChI is InChI=1S/C22H37N3S/c1-18(2)24-14-12-23(13-15-24)17-20-8-10-25(11-9-20)21-6-5-7-22(16-21)26-19(3)4/h5-7,16,18-20H,8-15,17H2,1-4H3. The van der Waals surface area contributed by atoms with Gasteiger partial charge in [0, 0.05) is 67.7 Å². The summed E-state index contributed by atoms with van der Waals surface area (Å²) in [5, 5.41) is 0.646. The zero-order chi connectivity index (χ0) is 18.5. The first-order valence-electron chi connectivity index (χ1n) is 10.5. The quantitative estimate of drug-likeness (QED) is 0.680. The SMILES string of the molecule is CC(C)Sc1cccc(N2CCC(CN3CCN(C(C)C)CC3)CC2)c1. The van der Waals surface area contributed by atoms with Crippen LogP contribution in [0.4, 0.5) is 5.69 Å². The van der Waals surface area contributed by atoms with Gasteiger partial charge in [-0.2, -0.15) is 0 Å². The Bertz CT molecular complexity index is 544. The van der Waals surface area contributed by atoms with E-state index in [0.29, 0.717) is 11.3 Å². The van der Waals surface area contributed by atoms with Crippen LogP contribution in [0.1, 0.15) is 40.5 Å². The van der Waals surface area contributed by atoms with Crippen LogP contribution >= 0.6 is 11.8 Å². The molecule has 0 bridgehead atoms. The van der Waals surface area contributed by atoms with E-state index in [4.69, 9.17) is 0 Å². The van der Waals surface area contributed by atoms with Crippen LogP contribution in [0.2, 0.25) is 0 Å². The van der Waals surface area contributed by atoms with Crippen LogP contribution < -0.4 is 4.90 Å². The van der Waals surface area contributed by atoms with Gasteiger partial charge in [-0.3, -0.25) is 4.90 Å². The van der Waals surface area contributed by atoms with Crippen molar-refractivity contribution in [3.63, 3.8) is 0 Å². The molecule has 4 heteroatoms. The van der Waals surface area contributed by atoms with E-state index in [1.165, 1.54) is 69.2 Å². The molecule has 26 heavy (non-hydrogen) atoms. The summed E-state index contributed by atoms with van der Waals surface area (Å²) in [5.74, 6) is 0.880. The maximum Gasteiger partial charge on any atom is 0.0377 e. The number of benzene rings is 1. The van der Waals surface area contributed by atoms with E-state index in [2.05, 4.69) is 66.7 Å². The Labute approximate surface area is 165 Å². The zero-order valence-corrected chi connectivity index (χ0v) is 18.0. The third kappa shape index (κ3) is 5.64. The molecule has 0 aromatic heterocycles. The molecule has 0 unspecified atom stereocenters. The average molecular weight is 376 g/mol. The molecule has 0 atom stereocenters. The molecule has 2 heterocycles. The molecule has 0 radical (unpaired) electrons. The normalized spacial score (nSPS) is 21.1. The molecular weight excluding hydrogens is 338 g/mol. The van der Waals surface area contributed by atoms with Gasteiger partial charge >= 0.3 is 0 Å². The van der Waals surface area contributed by atoms with E-state index >= 15 is 0 Å². The minimum atomic E-state index is 0.646. The third-order valence-corrected chi connectivity index (χ3v) is 6.82. The molecule has 3 rings (SSSR count). The highest BCUT2D eigenvalue weighted by atomic mass is 32.2. The predicted molar refractivity (Wildman–Crippen MR) is 116 cm³/mol.